The van der Waals surface area contributed by atoms with Crippen molar-refractivity contribution in [2.24, 2.45) is 17.8 Å². The Morgan fingerprint density at radius 2 is 1.82 bits per heavy atom. The second-order valence-corrected chi connectivity index (χ2v) is 8.63. The fraction of sp³-hybridized carbons (Fsp3) is 0.542. The van der Waals surface area contributed by atoms with Gasteiger partial charge in [-0.1, -0.05) is 25.8 Å². The lowest BCUT2D eigenvalue weighted by Gasteiger charge is -2.42. The lowest BCUT2D eigenvalue weighted by atomic mass is 9.63. The number of hydrogen-bond donors (Lipinski definition) is 0. The maximum atomic E-state index is 15.0. The maximum absolute atomic E-state index is 15.0. The van der Waals surface area contributed by atoms with Crippen LogP contribution in [0.3, 0.4) is 0 Å². The van der Waals surface area contributed by atoms with Gasteiger partial charge in [-0.2, -0.15) is 0 Å². The molecule has 2 fully saturated rings. The predicted molar refractivity (Wildman–Crippen MR) is 106 cm³/mol. The van der Waals surface area contributed by atoms with Gasteiger partial charge in [-0.05, 0) is 84.9 Å². The summed E-state index contributed by atoms with van der Waals surface area (Å²) in [5.41, 5.74) is 0.545. The van der Waals surface area contributed by atoms with Crippen LogP contribution >= 0.6 is 0 Å². The van der Waals surface area contributed by atoms with E-state index in [4.69, 9.17) is 0 Å². The highest BCUT2D eigenvalue weighted by atomic mass is 19.1. The molecule has 0 aromatic heterocycles. The van der Waals surface area contributed by atoms with Gasteiger partial charge in [-0.3, -0.25) is 0 Å². The summed E-state index contributed by atoms with van der Waals surface area (Å²) in [7, 11) is 1.21. The van der Waals surface area contributed by atoms with E-state index in [1.807, 2.05) is 0 Å². The summed E-state index contributed by atoms with van der Waals surface area (Å²) >= 11 is 0. The van der Waals surface area contributed by atoms with Gasteiger partial charge in [-0.15, -0.1) is 0 Å². The van der Waals surface area contributed by atoms with Gasteiger partial charge in [-0.25, -0.2) is 13.6 Å². The molecule has 0 heterocycles. The monoisotopic (exact) mass is 386 g/mol. The minimum atomic E-state index is -0.745. The Kier molecular flexibility index (Phi) is 5.39. The van der Waals surface area contributed by atoms with Crippen LogP contribution < -0.4 is 0 Å². The summed E-state index contributed by atoms with van der Waals surface area (Å²) in [6, 6.07) is 6.16. The molecule has 0 bridgehead atoms. The molecule has 2 saturated carbocycles. The zero-order valence-corrected chi connectivity index (χ0v) is 16.6. The molecule has 2 aromatic rings. The van der Waals surface area contributed by atoms with E-state index in [0.29, 0.717) is 16.9 Å². The SMILES string of the molecule is CCC1CCC2CC(c3cc4ccc(C(=O)OC)c(F)c4cc3F)CCC2C1. The van der Waals surface area contributed by atoms with Crippen LogP contribution in [0.2, 0.25) is 0 Å². The Balaban J connectivity index is 1.61. The maximum Gasteiger partial charge on any atom is 0.340 e. The minimum Gasteiger partial charge on any atom is -0.465 e. The van der Waals surface area contributed by atoms with Crippen molar-refractivity contribution in [3.05, 3.63) is 47.0 Å². The van der Waals surface area contributed by atoms with Crippen LogP contribution in [-0.4, -0.2) is 13.1 Å². The van der Waals surface area contributed by atoms with Gasteiger partial charge in [0.05, 0.1) is 12.7 Å². The number of esters is 1. The zero-order valence-electron chi connectivity index (χ0n) is 16.6. The molecule has 4 atom stereocenters. The Hall–Kier alpha value is -1.97. The standard InChI is InChI=1S/C24H28F2O2/c1-3-14-4-5-16-11-17(7-6-15(16)10-14)20-12-18-8-9-19(24(27)28-2)23(26)21(18)13-22(20)25/h8-9,12-17H,3-7,10-11H2,1-2H3. The largest absolute Gasteiger partial charge is 0.465 e. The zero-order chi connectivity index (χ0) is 19.8. The molecule has 2 nitrogen and oxygen atoms in total. The van der Waals surface area contributed by atoms with Crippen molar-refractivity contribution < 1.29 is 18.3 Å². The fourth-order valence-electron chi connectivity index (χ4n) is 5.55. The molecule has 2 aliphatic carbocycles. The minimum absolute atomic E-state index is 0.140. The van der Waals surface area contributed by atoms with Gasteiger partial charge in [0.25, 0.3) is 0 Å². The average Bonchev–Trinajstić information content (AvgIpc) is 2.72. The number of carbonyl (C=O) groups is 1. The number of benzene rings is 2. The molecular formula is C24H28F2O2. The van der Waals surface area contributed by atoms with Crippen molar-refractivity contribution >= 4 is 16.7 Å². The second kappa shape index (κ2) is 7.81. The molecular weight excluding hydrogens is 358 g/mol. The number of halogens is 2. The molecule has 0 saturated heterocycles. The van der Waals surface area contributed by atoms with E-state index in [9.17, 15) is 13.6 Å². The molecule has 0 aliphatic heterocycles. The highest BCUT2D eigenvalue weighted by Gasteiger charge is 2.36. The fourth-order valence-corrected chi connectivity index (χ4v) is 5.55. The first-order valence-corrected chi connectivity index (χ1v) is 10.5. The Morgan fingerprint density at radius 1 is 1.07 bits per heavy atom. The summed E-state index contributed by atoms with van der Waals surface area (Å²) in [4.78, 5) is 11.7. The van der Waals surface area contributed by atoms with E-state index in [1.165, 1.54) is 51.3 Å². The first-order valence-electron chi connectivity index (χ1n) is 10.5. The van der Waals surface area contributed by atoms with E-state index in [2.05, 4.69) is 11.7 Å². The molecule has 28 heavy (non-hydrogen) atoms. The Labute approximate surface area is 165 Å². The highest BCUT2D eigenvalue weighted by Crippen LogP contribution is 2.48. The van der Waals surface area contributed by atoms with Gasteiger partial charge in [0.2, 0.25) is 0 Å². The molecule has 2 aromatic carbocycles. The molecule has 4 rings (SSSR count). The van der Waals surface area contributed by atoms with Crippen LogP contribution in [0.1, 0.15) is 73.7 Å². The van der Waals surface area contributed by atoms with E-state index in [-0.39, 0.29) is 22.7 Å². The summed E-state index contributed by atoms with van der Waals surface area (Å²) in [6.07, 6.45) is 8.35. The smallest absolute Gasteiger partial charge is 0.340 e. The normalized spacial score (nSPS) is 27.4. The first-order chi connectivity index (χ1) is 13.5. The number of methoxy groups -OCH3 is 1. The molecule has 0 amide bonds. The van der Waals surface area contributed by atoms with E-state index in [1.54, 1.807) is 12.1 Å². The quantitative estimate of drug-likeness (QED) is 0.555. The van der Waals surface area contributed by atoms with Crippen LogP contribution in [0.25, 0.3) is 10.8 Å². The van der Waals surface area contributed by atoms with E-state index >= 15 is 0 Å². The van der Waals surface area contributed by atoms with Crippen molar-refractivity contribution in [3.8, 4) is 0 Å². The van der Waals surface area contributed by atoms with Crippen LogP contribution in [0.15, 0.2) is 24.3 Å². The van der Waals surface area contributed by atoms with Crippen molar-refractivity contribution in [1.29, 1.82) is 0 Å². The summed E-state index contributed by atoms with van der Waals surface area (Å²) in [5, 5.41) is 0.777. The van der Waals surface area contributed by atoms with Crippen LogP contribution in [0.4, 0.5) is 8.78 Å². The predicted octanol–water partition coefficient (Wildman–Crippen LogP) is 6.61. The third-order valence-corrected chi connectivity index (χ3v) is 7.22. The van der Waals surface area contributed by atoms with Crippen LogP contribution in [-0.2, 0) is 4.74 Å². The molecule has 4 unspecified atom stereocenters. The first kappa shape index (κ1) is 19.4. The summed E-state index contributed by atoms with van der Waals surface area (Å²) in [6.45, 7) is 2.28. The van der Waals surface area contributed by atoms with E-state index in [0.717, 1.165) is 24.7 Å². The average molecular weight is 386 g/mol. The number of carbonyl (C=O) groups excluding carboxylic acids is 1. The highest BCUT2D eigenvalue weighted by molar-refractivity contribution is 5.96. The summed E-state index contributed by atoms with van der Waals surface area (Å²) in [5.74, 6) is 0.725. The third-order valence-electron chi connectivity index (χ3n) is 7.22. The topological polar surface area (TPSA) is 26.3 Å². The lowest BCUT2D eigenvalue weighted by Crippen LogP contribution is -2.30. The molecule has 0 N–H and O–H groups in total. The Morgan fingerprint density at radius 3 is 2.57 bits per heavy atom. The lowest BCUT2D eigenvalue weighted by molar-refractivity contribution is 0.0596. The van der Waals surface area contributed by atoms with Gasteiger partial charge in [0.1, 0.15) is 11.6 Å². The Bertz CT molecular complexity index is 892. The molecule has 0 radical (unpaired) electrons. The molecule has 2 aliphatic rings. The van der Waals surface area contributed by atoms with Gasteiger partial charge in [0, 0.05) is 5.39 Å². The number of ether oxygens (including phenoxy) is 1. The molecule has 150 valence electrons. The van der Waals surface area contributed by atoms with Crippen LogP contribution in [0, 0.1) is 29.4 Å². The van der Waals surface area contributed by atoms with Crippen molar-refractivity contribution in [3.63, 3.8) is 0 Å². The van der Waals surface area contributed by atoms with E-state index < -0.39 is 11.8 Å². The number of hydrogen-bond acceptors (Lipinski definition) is 2. The molecule has 4 heteroatoms. The van der Waals surface area contributed by atoms with Crippen molar-refractivity contribution in [1.82, 2.24) is 0 Å². The van der Waals surface area contributed by atoms with Gasteiger partial charge >= 0.3 is 5.97 Å². The van der Waals surface area contributed by atoms with Gasteiger partial charge < -0.3 is 4.74 Å². The summed E-state index contributed by atoms with van der Waals surface area (Å²) < 4.78 is 34.2. The number of rotatable bonds is 3. The van der Waals surface area contributed by atoms with Crippen LogP contribution in [0.5, 0.6) is 0 Å². The third kappa shape index (κ3) is 3.42. The molecule has 0 spiro atoms. The second-order valence-electron chi connectivity index (χ2n) is 8.63. The van der Waals surface area contributed by atoms with Gasteiger partial charge in [0.15, 0.2) is 0 Å². The number of fused-ring (bicyclic) bond motifs is 2. The van der Waals surface area contributed by atoms with Crippen molar-refractivity contribution in [2.45, 2.75) is 57.8 Å². The van der Waals surface area contributed by atoms with Crippen molar-refractivity contribution in [2.75, 3.05) is 7.11 Å².